The zero-order valence-corrected chi connectivity index (χ0v) is 13.9. The van der Waals surface area contributed by atoms with E-state index in [-0.39, 0.29) is 11.8 Å². The predicted molar refractivity (Wildman–Crippen MR) is 90.9 cm³/mol. The number of rotatable bonds is 4. The van der Waals surface area contributed by atoms with Crippen molar-refractivity contribution < 1.29 is 9.59 Å². The zero-order valence-electron chi connectivity index (χ0n) is 13.9. The molecule has 1 aromatic carbocycles. The summed E-state index contributed by atoms with van der Waals surface area (Å²) < 4.78 is 0. The van der Waals surface area contributed by atoms with Crippen molar-refractivity contribution in [1.29, 1.82) is 0 Å². The van der Waals surface area contributed by atoms with Crippen molar-refractivity contribution in [2.24, 2.45) is 5.92 Å². The lowest BCUT2D eigenvalue weighted by Gasteiger charge is -2.09. The Bertz CT molecular complexity index is 602. The van der Waals surface area contributed by atoms with Gasteiger partial charge in [-0.2, -0.15) is 0 Å². The average molecular weight is 312 g/mol. The second-order valence-corrected chi connectivity index (χ2v) is 6.21. The van der Waals surface area contributed by atoms with Crippen LogP contribution in [0.1, 0.15) is 48.0 Å². The van der Waals surface area contributed by atoms with E-state index in [1.54, 1.807) is 31.1 Å². The smallest absolute Gasteiger partial charge is 0.253 e. The van der Waals surface area contributed by atoms with Gasteiger partial charge in [0.25, 0.3) is 5.91 Å². The van der Waals surface area contributed by atoms with E-state index < -0.39 is 0 Å². The number of hydrogen-bond acceptors (Lipinski definition) is 2. The van der Waals surface area contributed by atoms with Crippen LogP contribution in [-0.4, -0.2) is 37.4 Å². The van der Waals surface area contributed by atoms with Crippen LogP contribution in [0.5, 0.6) is 0 Å². The van der Waals surface area contributed by atoms with Gasteiger partial charge in [-0.1, -0.05) is 24.7 Å². The molecule has 1 N–H and O–H groups in total. The fourth-order valence-electron chi connectivity index (χ4n) is 2.79. The number of nitrogens with one attached hydrogen (secondary N) is 1. The molecule has 1 aliphatic carbocycles. The third-order valence-electron chi connectivity index (χ3n) is 4.09. The molecule has 0 aliphatic heterocycles. The Morgan fingerprint density at radius 1 is 1.17 bits per heavy atom. The van der Waals surface area contributed by atoms with E-state index in [0.29, 0.717) is 24.4 Å². The molecule has 0 atom stereocenters. The molecule has 0 aromatic heterocycles. The van der Waals surface area contributed by atoms with E-state index in [1.807, 2.05) is 12.1 Å². The Morgan fingerprint density at radius 3 is 2.43 bits per heavy atom. The van der Waals surface area contributed by atoms with Crippen molar-refractivity contribution in [3.8, 4) is 11.8 Å². The van der Waals surface area contributed by atoms with Crippen LogP contribution in [-0.2, 0) is 4.79 Å². The lowest BCUT2D eigenvalue weighted by molar-refractivity contribution is -0.121. The second kappa shape index (κ2) is 8.38. The topological polar surface area (TPSA) is 49.4 Å². The van der Waals surface area contributed by atoms with Crippen molar-refractivity contribution in [2.45, 2.75) is 32.1 Å². The first kappa shape index (κ1) is 17.1. The summed E-state index contributed by atoms with van der Waals surface area (Å²) in [6.07, 6.45) is 5.49. The molecule has 0 unspecified atom stereocenters. The zero-order chi connectivity index (χ0) is 16.7. The molecule has 2 amide bonds. The highest BCUT2D eigenvalue weighted by atomic mass is 16.2. The van der Waals surface area contributed by atoms with Crippen LogP contribution in [0.15, 0.2) is 24.3 Å². The van der Waals surface area contributed by atoms with Crippen molar-refractivity contribution in [3.63, 3.8) is 0 Å². The summed E-state index contributed by atoms with van der Waals surface area (Å²) in [6.45, 7) is 0.365. The summed E-state index contributed by atoms with van der Waals surface area (Å²) in [5.74, 6) is 6.58. The van der Waals surface area contributed by atoms with Crippen LogP contribution < -0.4 is 5.32 Å². The third-order valence-corrected chi connectivity index (χ3v) is 4.09. The molecule has 4 heteroatoms. The quantitative estimate of drug-likeness (QED) is 0.868. The standard InChI is InChI=1S/C19H24N2O2/c1-21(2)19(23)17-11-9-15(10-12-17)8-5-13-20-18(22)14-16-6-3-4-7-16/h9-12,16H,3-4,6-7,13-14H2,1-2H3,(H,20,22). The highest BCUT2D eigenvalue weighted by Gasteiger charge is 2.17. The van der Waals surface area contributed by atoms with Crippen molar-refractivity contribution in [2.75, 3.05) is 20.6 Å². The van der Waals surface area contributed by atoms with Gasteiger partial charge in [-0.05, 0) is 43.0 Å². The van der Waals surface area contributed by atoms with Gasteiger partial charge >= 0.3 is 0 Å². The van der Waals surface area contributed by atoms with Crippen molar-refractivity contribution >= 4 is 11.8 Å². The molecule has 23 heavy (non-hydrogen) atoms. The molecule has 2 rings (SSSR count). The van der Waals surface area contributed by atoms with Crippen LogP contribution in [0.25, 0.3) is 0 Å². The number of benzene rings is 1. The fraction of sp³-hybridized carbons (Fsp3) is 0.474. The maximum Gasteiger partial charge on any atom is 0.253 e. The summed E-state index contributed by atoms with van der Waals surface area (Å²) in [7, 11) is 3.45. The van der Waals surface area contributed by atoms with Crippen molar-refractivity contribution in [1.82, 2.24) is 10.2 Å². The minimum Gasteiger partial charge on any atom is -0.345 e. The maximum atomic E-state index is 11.8. The molecule has 1 aromatic rings. The summed E-state index contributed by atoms with van der Waals surface area (Å²) in [5, 5.41) is 2.85. The predicted octanol–water partition coefficient (Wildman–Crippen LogP) is 2.44. The lowest BCUT2D eigenvalue weighted by Crippen LogP contribution is -2.25. The molecule has 4 nitrogen and oxygen atoms in total. The monoisotopic (exact) mass is 312 g/mol. The van der Waals surface area contributed by atoms with Gasteiger partial charge in [-0.15, -0.1) is 0 Å². The Kier molecular flexibility index (Phi) is 6.22. The van der Waals surface area contributed by atoms with Crippen LogP contribution in [0.4, 0.5) is 0 Å². The molecule has 1 saturated carbocycles. The molecule has 122 valence electrons. The SMILES string of the molecule is CN(C)C(=O)c1ccc(C#CCNC(=O)CC2CCCC2)cc1. The maximum absolute atomic E-state index is 11.8. The van der Waals surface area contributed by atoms with Crippen molar-refractivity contribution in [3.05, 3.63) is 35.4 Å². The van der Waals surface area contributed by atoms with Gasteiger partial charge in [0.2, 0.25) is 5.91 Å². The van der Waals surface area contributed by atoms with E-state index in [1.165, 1.54) is 25.7 Å². The number of amides is 2. The first-order valence-electron chi connectivity index (χ1n) is 8.13. The molecule has 1 fully saturated rings. The molecular formula is C19H24N2O2. The van der Waals surface area contributed by atoms with E-state index in [4.69, 9.17) is 0 Å². The number of carbonyl (C=O) groups is 2. The van der Waals surface area contributed by atoms with E-state index in [0.717, 1.165) is 5.56 Å². The number of hydrogen-bond donors (Lipinski definition) is 1. The largest absolute Gasteiger partial charge is 0.345 e. The summed E-state index contributed by atoms with van der Waals surface area (Å²) in [5.41, 5.74) is 1.48. The Hall–Kier alpha value is -2.28. The van der Waals surface area contributed by atoms with Crippen LogP contribution in [0.3, 0.4) is 0 Å². The van der Waals surface area contributed by atoms with E-state index in [2.05, 4.69) is 17.2 Å². The molecule has 0 bridgehead atoms. The fourth-order valence-corrected chi connectivity index (χ4v) is 2.79. The van der Waals surface area contributed by atoms with E-state index in [9.17, 15) is 9.59 Å². The first-order valence-corrected chi connectivity index (χ1v) is 8.13. The first-order chi connectivity index (χ1) is 11.1. The Labute approximate surface area is 138 Å². The van der Waals surface area contributed by atoms with Crippen LogP contribution in [0.2, 0.25) is 0 Å². The van der Waals surface area contributed by atoms with Gasteiger partial charge in [0.05, 0.1) is 6.54 Å². The molecule has 0 saturated heterocycles. The van der Waals surface area contributed by atoms with E-state index >= 15 is 0 Å². The van der Waals surface area contributed by atoms with Gasteiger partial charge in [0.15, 0.2) is 0 Å². The van der Waals surface area contributed by atoms with Crippen LogP contribution in [0, 0.1) is 17.8 Å². The molecular weight excluding hydrogens is 288 g/mol. The summed E-state index contributed by atoms with van der Waals surface area (Å²) >= 11 is 0. The lowest BCUT2D eigenvalue weighted by atomic mass is 10.0. The normalized spacial score (nSPS) is 14.0. The molecule has 1 aliphatic rings. The van der Waals surface area contributed by atoms with Gasteiger partial charge in [-0.25, -0.2) is 0 Å². The highest BCUT2D eigenvalue weighted by Crippen LogP contribution is 2.27. The Morgan fingerprint density at radius 2 is 1.83 bits per heavy atom. The highest BCUT2D eigenvalue weighted by molar-refractivity contribution is 5.93. The van der Waals surface area contributed by atoms with Gasteiger partial charge in [0, 0.05) is 31.6 Å². The summed E-state index contributed by atoms with van der Waals surface area (Å²) in [6, 6.07) is 7.18. The van der Waals surface area contributed by atoms with Gasteiger partial charge < -0.3 is 10.2 Å². The molecule has 0 spiro atoms. The minimum absolute atomic E-state index is 0.0244. The number of carbonyl (C=O) groups excluding carboxylic acids is 2. The second-order valence-electron chi connectivity index (χ2n) is 6.21. The van der Waals surface area contributed by atoms with Crippen LogP contribution >= 0.6 is 0 Å². The van der Waals surface area contributed by atoms with Gasteiger partial charge in [0.1, 0.15) is 0 Å². The summed E-state index contributed by atoms with van der Waals surface area (Å²) in [4.78, 5) is 25.1. The minimum atomic E-state index is -0.0244. The van der Waals surface area contributed by atoms with Gasteiger partial charge in [-0.3, -0.25) is 9.59 Å². The average Bonchev–Trinajstić information content (AvgIpc) is 3.04. The molecule has 0 radical (unpaired) electrons. The third kappa shape index (κ3) is 5.45. The molecule has 0 heterocycles. The number of nitrogens with zero attached hydrogens (tertiary/aromatic N) is 1. The Balaban J connectivity index is 1.77.